The van der Waals surface area contributed by atoms with Gasteiger partial charge in [-0.25, -0.2) is 0 Å². The zero-order chi connectivity index (χ0) is 13.0. The van der Waals surface area contributed by atoms with Crippen molar-refractivity contribution >= 4 is 17.7 Å². The van der Waals surface area contributed by atoms with Crippen LogP contribution in [0.15, 0.2) is 23.1 Å². The van der Waals surface area contributed by atoms with Gasteiger partial charge < -0.3 is 4.90 Å². The van der Waals surface area contributed by atoms with Gasteiger partial charge in [-0.2, -0.15) is 5.26 Å². The predicted molar refractivity (Wildman–Crippen MR) is 72.4 cm³/mol. The van der Waals surface area contributed by atoms with Gasteiger partial charge in [-0.15, -0.1) is 11.8 Å². The topological polar surface area (TPSA) is 44.1 Å². The lowest BCUT2D eigenvalue weighted by atomic mass is 10.1. The molecule has 0 aromatic heterocycles. The van der Waals surface area contributed by atoms with Crippen LogP contribution in [-0.4, -0.2) is 29.6 Å². The Morgan fingerprint density at radius 3 is 2.78 bits per heavy atom. The molecule has 3 nitrogen and oxygen atoms in total. The van der Waals surface area contributed by atoms with E-state index in [1.165, 1.54) is 0 Å². The number of benzene rings is 1. The van der Waals surface area contributed by atoms with Crippen LogP contribution in [0, 0.1) is 18.3 Å². The Hall–Kier alpha value is -1.47. The van der Waals surface area contributed by atoms with Crippen LogP contribution < -0.4 is 0 Å². The van der Waals surface area contributed by atoms with Crippen molar-refractivity contribution in [2.75, 3.05) is 18.8 Å². The smallest absolute Gasteiger partial charge is 0.232 e. The summed E-state index contributed by atoms with van der Waals surface area (Å²) < 4.78 is 0. The third-order valence-electron chi connectivity index (χ3n) is 3.14. The number of amides is 1. The molecule has 2 rings (SSSR count). The van der Waals surface area contributed by atoms with Crippen LogP contribution >= 0.6 is 11.8 Å². The van der Waals surface area contributed by atoms with Crippen molar-refractivity contribution in [3.8, 4) is 6.07 Å². The molecule has 1 saturated heterocycles. The summed E-state index contributed by atoms with van der Waals surface area (Å²) in [5, 5.41) is 8.85. The van der Waals surface area contributed by atoms with Gasteiger partial charge in [-0.3, -0.25) is 4.79 Å². The summed E-state index contributed by atoms with van der Waals surface area (Å²) in [5.41, 5.74) is 1.67. The average molecular weight is 260 g/mol. The van der Waals surface area contributed by atoms with Gasteiger partial charge in [0, 0.05) is 18.0 Å². The fraction of sp³-hybridized carbons (Fsp3) is 0.429. The van der Waals surface area contributed by atoms with Crippen LogP contribution in [0.1, 0.15) is 24.0 Å². The quantitative estimate of drug-likeness (QED) is 0.785. The van der Waals surface area contributed by atoms with Crippen LogP contribution in [0.5, 0.6) is 0 Å². The van der Waals surface area contributed by atoms with Crippen LogP contribution in [0.2, 0.25) is 0 Å². The molecule has 0 aliphatic carbocycles. The highest BCUT2D eigenvalue weighted by Gasteiger charge is 2.17. The molecule has 1 aliphatic heterocycles. The molecule has 1 amide bonds. The number of nitrogens with zero attached hydrogens (tertiary/aromatic N) is 2. The summed E-state index contributed by atoms with van der Waals surface area (Å²) >= 11 is 1.55. The number of hydrogen-bond donors (Lipinski definition) is 0. The predicted octanol–water partition coefficient (Wildman–Crippen LogP) is 2.58. The van der Waals surface area contributed by atoms with E-state index in [1.54, 1.807) is 11.8 Å². The number of carbonyl (C=O) groups is 1. The number of hydrogen-bond acceptors (Lipinski definition) is 3. The average Bonchev–Trinajstić information content (AvgIpc) is 2.90. The summed E-state index contributed by atoms with van der Waals surface area (Å²) in [6.45, 7) is 3.74. The highest BCUT2D eigenvalue weighted by Crippen LogP contribution is 2.22. The standard InChI is InChI=1S/C14H16N2OS/c1-11-8-13(5-4-12(11)9-15)18-10-14(17)16-6-2-3-7-16/h4-5,8H,2-3,6-7,10H2,1H3. The number of likely N-dealkylation sites (tertiary alicyclic amines) is 1. The Kier molecular flexibility index (Phi) is 4.27. The lowest BCUT2D eigenvalue weighted by Crippen LogP contribution is -2.29. The van der Waals surface area contributed by atoms with E-state index < -0.39 is 0 Å². The lowest BCUT2D eigenvalue weighted by Gasteiger charge is -2.14. The van der Waals surface area contributed by atoms with Crippen molar-refractivity contribution < 1.29 is 4.79 Å². The third kappa shape index (κ3) is 3.05. The molecule has 1 aromatic carbocycles. The van der Waals surface area contributed by atoms with Gasteiger partial charge in [0.15, 0.2) is 0 Å². The molecule has 0 atom stereocenters. The van der Waals surface area contributed by atoms with Crippen molar-refractivity contribution in [3.05, 3.63) is 29.3 Å². The molecule has 0 saturated carbocycles. The zero-order valence-corrected chi connectivity index (χ0v) is 11.3. The lowest BCUT2D eigenvalue weighted by molar-refractivity contribution is -0.127. The minimum absolute atomic E-state index is 0.222. The molecule has 0 N–H and O–H groups in total. The number of thioether (sulfide) groups is 1. The largest absolute Gasteiger partial charge is 0.342 e. The van der Waals surface area contributed by atoms with E-state index in [0.29, 0.717) is 11.3 Å². The van der Waals surface area contributed by atoms with Crippen molar-refractivity contribution in [2.24, 2.45) is 0 Å². The molecule has 1 aliphatic rings. The Balaban J connectivity index is 1.92. The Morgan fingerprint density at radius 1 is 1.44 bits per heavy atom. The first-order valence-corrected chi connectivity index (χ1v) is 7.10. The maximum absolute atomic E-state index is 11.9. The molecule has 0 unspecified atom stereocenters. The van der Waals surface area contributed by atoms with E-state index in [2.05, 4.69) is 6.07 Å². The second kappa shape index (κ2) is 5.92. The Labute approximate surface area is 112 Å². The highest BCUT2D eigenvalue weighted by molar-refractivity contribution is 8.00. The molecule has 4 heteroatoms. The molecule has 0 spiro atoms. The van der Waals surface area contributed by atoms with E-state index in [0.717, 1.165) is 36.4 Å². The normalized spacial score (nSPS) is 14.6. The molecule has 1 fully saturated rings. The molecule has 0 radical (unpaired) electrons. The van der Waals surface area contributed by atoms with Gasteiger partial charge >= 0.3 is 0 Å². The maximum atomic E-state index is 11.9. The molecular formula is C14H16N2OS. The number of rotatable bonds is 3. The molecule has 1 aromatic rings. The Bertz CT molecular complexity index is 487. The molecule has 18 heavy (non-hydrogen) atoms. The first-order valence-electron chi connectivity index (χ1n) is 6.12. The van der Waals surface area contributed by atoms with Gasteiger partial charge in [0.25, 0.3) is 0 Å². The number of nitriles is 1. The fourth-order valence-electron chi connectivity index (χ4n) is 2.05. The summed E-state index contributed by atoms with van der Waals surface area (Å²) in [6, 6.07) is 7.85. The van der Waals surface area contributed by atoms with E-state index in [1.807, 2.05) is 30.0 Å². The van der Waals surface area contributed by atoms with E-state index in [9.17, 15) is 4.79 Å². The fourth-order valence-corrected chi connectivity index (χ4v) is 2.95. The molecule has 0 bridgehead atoms. The number of aryl methyl sites for hydroxylation is 1. The number of carbonyl (C=O) groups excluding carboxylic acids is 1. The van der Waals surface area contributed by atoms with Crippen LogP contribution in [0.3, 0.4) is 0 Å². The Morgan fingerprint density at radius 2 is 2.17 bits per heavy atom. The third-order valence-corrected chi connectivity index (χ3v) is 4.12. The second-order valence-electron chi connectivity index (χ2n) is 4.47. The summed E-state index contributed by atoms with van der Waals surface area (Å²) in [4.78, 5) is 14.9. The minimum atomic E-state index is 0.222. The second-order valence-corrected chi connectivity index (χ2v) is 5.51. The monoisotopic (exact) mass is 260 g/mol. The first kappa shape index (κ1) is 13.0. The van der Waals surface area contributed by atoms with Gasteiger partial charge in [0.1, 0.15) is 0 Å². The van der Waals surface area contributed by atoms with Crippen LogP contribution in [0.4, 0.5) is 0 Å². The van der Waals surface area contributed by atoms with E-state index in [4.69, 9.17) is 5.26 Å². The van der Waals surface area contributed by atoms with Gasteiger partial charge in [0.2, 0.25) is 5.91 Å². The zero-order valence-electron chi connectivity index (χ0n) is 10.5. The van der Waals surface area contributed by atoms with Gasteiger partial charge in [-0.1, -0.05) is 0 Å². The van der Waals surface area contributed by atoms with Crippen molar-refractivity contribution in [1.82, 2.24) is 4.90 Å². The van der Waals surface area contributed by atoms with Gasteiger partial charge in [0.05, 0.1) is 17.4 Å². The van der Waals surface area contributed by atoms with Crippen LogP contribution in [0.25, 0.3) is 0 Å². The summed E-state index contributed by atoms with van der Waals surface area (Å²) in [6.07, 6.45) is 2.26. The molecule has 1 heterocycles. The summed E-state index contributed by atoms with van der Waals surface area (Å²) in [5.74, 6) is 0.713. The van der Waals surface area contributed by atoms with E-state index >= 15 is 0 Å². The maximum Gasteiger partial charge on any atom is 0.232 e. The van der Waals surface area contributed by atoms with Gasteiger partial charge in [-0.05, 0) is 43.5 Å². The first-order chi connectivity index (χ1) is 8.70. The van der Waals surface area contributed by atoms with Crippen LogP contribution in [-0.2, 0) is 4.79 Å². The van der Waals surface area contributed by atoms with Crippen molar-refractivity contribution in [3.63, 3.8) is 0 Å². The van der Waals surface area contributed by atoms with Crippen molar-refractivity contribution in [2.45, 2.75) is 24.7 Å². The molecular weight excluding hydrogens is 244 g/mol. The molecule has 94 valence electrons. The highest BCUT2D eigenvalue weighted by atomic mass is 32.2. The SMILES string of the molecule is Cc1cc(SCC(=O)N2CCCC2)ccc1C#N. The minimum Gasteiger partial charge on any atom is -0.342 e. The van der Waals surface area contributed by atoms with Crippen molar-refractivity contribution in [1.29, 1.82) is 5.26 Å². The summed E-state index contributed by atoms with van der Waals surface area (Å²) in [7, 11) is 0. The van der Waals surface area contributed by atoms with E-state index in [-0.39, 0.29) is 5.91 Å².